The lowest BCUT2D eigenvalue weighted by Gasteiger charge is -2.33. The lowest BCUT2D eigenvalue weighted by Crippen LogP contribution is -2.41. The summed E-state index contributed by atoms with van der Waals surface area (Å²) >= 11 is 0. The first-order chi connectivity index (χ1) is 10.9. The van der Waals surface area contributed by atoms with Gasteiger partial charge in [-0.05, 0) is 0 Å². The quantitative estimate of drug-likeness (QED) is 0.811. The van der Waals surface area contributed by atoms with Gasteiger partial charge in [0.1, 0.15) is 5.82 Å². The highest BCUT2D eigenvalue weighted by molar-refractivity contribution is 5.54. The van der Waals surface area contributed by atoms with Crippen LogP contribution in [0.25, 0.3) is 0 Å². The Hall–Kier alpha value is -1.44. The van der Waals surface area contributed by atoms with E-state index in [4.69, 9.17) is 19.4 Å². The van der Waals surface area contributed by atoms with Crippen LogP contribution in [0.4, 0.5) is 11.8 Å². The minimum atomic E-state index is 0.759. The zero-order valence-corrected chi connectivity index (χ0v) is 12.9. The normalized spacial score (nSPS) is 22.5. The number of ether oxygens (including phenoxy) is 2. The molecule has 0 radical (unpaired) electrons. The fraction of sp³-hybridized carbons (Fsp3) is 0.733. The first kappa shape index (κ1) is 14.2. The molecule has 0 saturated carbocycles. The second-order valence-electron chi connectivity index (χ2n) is 5.90. The van der Waals surface area contributed by atoms with Gasteiger partial charge in [-0.25, -0.2) is 4.98 Å². The summed E-state index contributed by atoms with van der Waals surface area (Å²) in [5.74, 6) is 1.97. The lowest BCUT2D eigenvalue weighted by molar-refractivity contribution is 0.121. The van der Waals surface area contributed by atoms with E-state index < -0.39 is 0 Å². The van der Waals surface area contributed by atoms with Gasteiger partial charge in [0.25, 0.3) is 0 Å². The summed E-state index contributed by atoms with van der Waals surface area (Å²) in [6.07, 6.45) is 0.979. The molecule has 3 aliphatic rings. The van der Waals surface area contributed by atoms with E-state index in [1.54, 1.807) is 0 Å². The summed E-state index contributed by atoms with van der Waals surface area (Å²) < 4.78 is 10.9. The number of nitrogens with one attached hydrogen (secondary N) is 1. The average Bonchev–Trinajstić information content (AvgIpc) is 2.62. The molecule has 7 heteroatoms. The van der Waals surface area contributed by atoms with Crippen LogP contribution in [0.3, 0.4) is 0 Å². The van der Waals surface area contributed by atoms with Crippen molar-refractivity contribution in [3.05, 3.63) is 11.3 Å². The molecule has 7 nitrogen and oxygen atoms in total. The maximum Gasteiger partial charge on any atom is 0.227 e. The molecule has 1 N–H and O–H groups in total. The molecule has 4 rings (SSSR count). The molecule has 0 amide bonds. The Bertz CT molecular complexity index is 527. The van der Waals surface area contributed by atoms with Crippen LogP contribution in [-0.2, 0) is 22.4 Å². The van der Waals surface area contributed by atoms with E-state index in [9.17, 15) is 0 Å². The first-order valence-corrected chi connectivity index (χ1v) is 8.18. The molecule has 4 heterocycles. The molecule has 1 aromatic rings. The van der Waals surface area contributed by atoms with Crippen LogP contribution in [0.5, 0.6) is 0 Å². The number of morpholine rings is 2. The number of hydrogen-bond donors (Lipinski definition) is 1. The zero-order chi connectivity index (χ0) is 14.8. The summed E-state index contributed by atoms with van der Waals surface area (Å²) in [5, 5.41) is 3.45. The summed E-state index contributed by atoms with van der Waals surface area (Å²) in [5.41, 5.74) is 2.47. The van der Waals surface area contributed by atoms with Crippen LogP contribution in [-0.4, -0.2) is 69.1 Å². The van der Waals surface area contributed by atoms with Gasteiger partial charge in [0.15, 0.2) is 0 Å². The number of rotatable bonds is 2. The average molecular weight is 305 g/mol. The lowest BCUT2D eigenvalue weighted by atomic mass is 10.1. The predicted molar refractivity (Wildman–Crippen MR) is 83.5 cm³/mol. The Labute approximate surface area is 130 Å². The minimum absolute atomic E-state index is 0.759. The molecule has 2 fully saturated rings. The van der Waals surface area contributed by atoms with E-state index in [1.807, 2.05) is 0 Å². The molecule has 0 aliphatic carbocycles. The maximum absolute atomic E-state index is 5.48. The summed E-state index contributed by atoms with van der Waals surface area (Å²) in [6.45, 7) is 8.50. The molecule has 0 spiro atoms. The van der Waals surface area contributed by atoms with E-state index in [0.29, 0.717) is 0 Å². The van der Waals surface area contributed by atoms with Crippen molar-refractivity contribution in [3.63, 3.8) is 0 Å². The van der Waals surface area contributed by atoms with E-state index >= 15 is 0 Å². The molecule has 0 atom stereocenters. The Balaban J connectivity index is 1.70. The van der Waals surface area contributed by atoms with Crippen LogP contribution in [0.15, 0.2) is 0 Å². The van der Waals surface area contributed by atoms with E-state index in [2.05, 4.69) is 15.1 Å². The Morgan fingerprint density at radius 3 is 2.27 bits per heavy atom. The third kappa shape index (κ3) is 2.76. The van der Waals surface area contributed by atoms with Crippen molar-refractivity contribution in [2.75, 3.05) is 69.0 Å². The van der Waals surface area contributed by atoms with Gasteiger partial charge in [-0.3, -0.25) is 0 Å². The molecule has 3 aliphatic heterocycles. The van der Waals surface area contributed by atoms with Crippen LogP contribution in [0.2, 0.25) is 0 Å². The topological polar surface area (TPSA) is 62.8 Å². The monoisotopic (exact) mass is 305 g/mol. The van der Waals surface area contributed by atoms with Crippen molar-refractivity contribution < 1.29 is 9.47 Å². The van der Waals surface area contributed by atoms with Crippen LogP contribution in [0.1, 0.15) is 11.3 Å². The Morgan fingerprint density at radius 1 is 0.864 bits per heavy atom. The van der Waals surface area contributed by atoms with Gasteiger partial charge in [-0.2, -0.15) is 4.98 Å². The third-order valence-corrected chi connectivity index (χ3v) is 4.50. The summed E-state index contributed by atoms with van der Waals surface area (Å²) in [6, 6.07) is 0. The fourth-order valence-electron chi connectivity index (χ4n) is 3.25. The number of fused-ring (bicyclic) bond motifs is 1. The fourth-order valence-corrected chi connectivity index (χ4v) is 3.25. The van der Waals surface area contributed by atoms with E-state index in [0.717, 1.165) is 83.9 Å². The Morgan fingerprint density at radius 2 is 1.55 bits per heavy atom. The maximum atomic E-state index is 5.48. The SMILES string of the molecule is C1Cc2nc(N3CCOCC3)nc(N3CCOCC3)c2CN1. The molecular weight excluding hydrogens is 282 g/mol. The van der Waals surface area contributed by atoms with Crippen LogP contribution in [0, 0.1) is 0 Å². The third-order valence-electron chi connectivity index (χ3n) is 4.50. The van der Waals surface area contributed by atoms with Crippen molar-refractivity contribution in [2.45, 2.75) is 13.0 Å². The molecule has 120 valence electrons. The van der Waals surface area contributed by atoms with Crippen LogP contribution >= 0.6 is 0 Å². The summed E-state index contributed by atoms with van der Waals surface area (Å²) in [4.78, 5) is 14.4. The molecule has 2 saturated heterocycles. The standard InChI is InChI=1S/C15H23N5O2/c1-2-16-11-12-13(1)17-15(20-5-9-22-10-6-20)18-14(12)19-3-7-21-8-4-19/h16H,1-11H2. The van der Waals surface area contributed by atoms with Gasteiger partial charge in [-0.1, -0.05) is 0 Å². The Kier molecular flexibility index (Phi) is 4.09. The molecule has 1 aromatic heterocycles. The molecule has 0 aromatic carbocycles. The van der Waals surface area contributed by atoms with Gasteiger partial charge < -0.3 is 24.6 Å². The van der Waals surface area contributed by atoms with Gasteiger partial charge in [0.05, 0.1) is 32.1 Å². The smallest absolute Gasteiger partial charge is 0.227 e. The highest BCUT2D eigenvalue weighted by Gasteiger charge is 2.25. The summed E-state index contributed by atoms with van der Waals surface area (Å²) in [7, 11) is 0. The van der Waals surface area contributed by atoms with Crippen molar-refractivity contribution in [3.8, 4) is 0 Å². The largest absolute Gasteiger partial charge is 0.378 e. The highest BCUT2D eigenvalue weighted by atomic mass is 16.5. The van der Waals surface area contributed by atoms with Crippen molar-refractivity contribution in [2.24, 2.45) is 0 Å². The minimum Gasteiger partial charge on any atom is -0.378 e. The van der Waals surface area contributed by atoms with E-state index in [-0.39, 0.29) is 0 Å². The molecule has 0 unspecified atom stereocenters. The molecular formula is C15H23N5O2. The second kappa shape index (κ2) is 6.36. The zero-order valence-electron chi connectivity index (χ0n) is 12.9. The number of nitrogens with zero attached hydrogens (tertiary/aromatic N) is 4. The number of hydrogen-bond acceptors (Lipinski definition) is 7. The number of aromatic nitrogens is 2. The highest BCUT2D eigenvalue weighted by Crippen LogP contribution is 2.27. The van der Waals surface area contributed by atoms with E-state index in [1.165, 1.54) is 11.3 Å². The second-order valence-corrected chi connectivity index (χ2v) is 5.90. The van der Waals surface area contributed by atoms with Gasteiger partial charge in [-0.15, -0.1) is 0 Å². The number of anilines is 2. The van der Waals surface area contributed by atoms with Gasteiger partial charge in [0.2, 0.25) is 5.95 Å². The van der Waals surface area contributed by atoms with Crippen molar-refractivity contribution in [1.29, 1.82) is 0 Å². The van der Waals surface area contributed by atoms with Crippen molar-refractivity contribution >= 4 is 11.8 Å². The van der Waals surface area contributed by atoms with Crippen LogP contribution < -0.4 is 15.1 Å². The van der Waals surface area contributed by atoms with Gasteiger partial charge >= 0.3 is 0 Å². The molecule has 0 bridgehead atoms. The molecule has 22 heavy (non-hydrogen) atoms. The van der Waals surface area contributed by atoms with Crippen molar-refractivity contribution in [1.82, 2.24) is 15.3 Å². The van der Waals surface area contributed by atoms with Gasteiger partial charge in [0, 0.05) is 51.3 Å². The first-order valence-electron chi connectivity index (χ1n) is 8.18. The predicted octanol–water partition coefficient (Wildman–Crippen LogP) is -0.204.